The normalized spacial score (nSPS) is 12.1. The Balaban J connectivity index is 1.65. The smallest absolute Gasteiger partial charge is 0.370 e. The molecule has 190 valence electrons. The fourth-order valence-corrected chi connectivity index (χ4v) is 3.76. The lowest BCUT2D eigenvalue weighted by atomic mass is 10.0. The predicted molar refractivity (Wildman–Crippen MR) is 133 cm³/mol. The van der Waals surface area contributed by atoms with Crippen LogP contribution in [0.1, 0.15) is 29.5 Å². The van der Waals surface area contributed by atoms with E-state index in [2.05, 4.69) is 15.6 Å². The Kier molecular flexibility index (Phi) is 8.88. The van der Waals surface area contributed by atoms with Gasteiger partial charge in [0.2, 0.25) is 11.8 Å². The number of nitrogens with zero attached hydrogens (tertiary/aromatic N) is 1. The Morgan fingerprint density at radius 1 is 0.944 bits per heavy atom. The number of hydrogen-bond acceptors (Lipinski definition) is 3. The molecule has 36 heavy (non-hydrogen) atoms. The van der Waals surface area contributed by atoms with Crippen LogP contribution in [0, 0.1) is 0 Å². The third kappa shape index (κ3) is 7.72. The first-order chi connectivity index (χ1) is 17.1. The van der Waals surface area contributed by atoms with Crippen molar-refractivity contribution >= 4 is 28.5 Å². The van der Waals surface area contributed by atoms with Crippen LogP contribution in [0.3, 0.4) is 0 Å². The maximum Gasteiger partial charge on any atom is 0.416 e. The molecule has 3 aromatic carbocycles. The highest BCUT2D eigenvalue weighted by Crippen LogP contribution is 2.29. The van der Waals surface area contributed by atoms with Crippen LogP contribution in [-0.4, -0.2) is 30.4 Å². The van der Waals surface area contributed by atoms with E-state index < -0.39 is 23.7 Å². The van der Waals surface area contributed by atoms with E-state index >= 15 is 0 Å². The van der Waals surface area contributed by atoms with Crippen molar-refractivity contribution in [3.8, 4) is 0 Å². The van der Waals surface area contributed by atoms with Gasteiger partial charge in [-0.05, 0) is 46.9 Å². The lowest BCUT2D eigenvalue weighted by Crippen LogP contribution is -2.47. The summed E-state index contributed by atoms with van der Waals surface area (Å²) >= 11 is 0. The highest BCUT2D eigenvalue weighted by molar-refractivity contribution is 5.92. The molecule has 1 atom stereocenters. The zero-order valence-electron chi connectivity index (χ0n) is 19.5. The molecule has 7 nitrogen and oxygen atoms in total. The minimum Gasteiger partial charge on any atom is -0.370 e. The summed E-state index contributed by atoms with van der Waals surface area (Å²) in [7, 11) is 0. The molecule has 0 aromatic heterocycles. The fourth-order valence-electron chi connectivity index (χ4n) is 3.76. The quantitative estimate of drug-likeness (QED) is 0.194. The number of nitrogens with one attached hydrogen (secondary N) is 2. The average Bonchev–Trinajstić information content (AvgIpc) is 2.84. The zero-order chi connectivity index (χ0) is 26.1. The van der Waals surface area contributed by atoms with Crippen molar-refractivity contribution < 1.29 is 22.8 Å². The molecule has 0 saturated carbocycles. The van der Waals surface area contributed by atoms with Crippen molar-refractivity contribution in [3.05, 3.63) is 83.4 Å². The van der Waals surface area contributed by atoms with Crippen molar-refractivity contribution in [2.45, 2.75) is 38.0 Å². The second-order valence-electron chi connectivity index (χ2n) is 8.30. The lowest BCUT2D eigenvalue weighted by Gasteiger charge is -2.19. The minimum atomic E-state index is -4.43. The van der Waals surface area contributed by atoms with Crippen LogP contribution < -0.4 is 22.1 Å². The summed E-state index contributed by atoms with van der Waals surface area (Å²) in [5, 5.41) is 7.41. The van der Waals surface area contributed by atoms with Gasteiger partial charge in [-0.2, -0.15) is 13.2 Å². The molecular weight excluding hydrogens is 471 g/mol. The Hall–Kier alpha value is -4.08. The molecule has 10 heteroatoms. The van der Waals surface area contributed by atoms with Crippen LogP contribution in [-0.2, 0) is 28.7 Å². The van der Waals surface area contributed by atoms with Crippen molar-refractivity contribution in [2.75, 3.05) is 6.54 Å². The first-order valence-corrected chi connectivity index (χ1v) is 11.4. The third-order valence-electron chi connectivity index (χ3n) is 5.58. The molecule has 3 rings (SSSR count). The lowest BCUT2D eigenvalue weighted by molar-refractivity contribution is -0.137. The van der Waals surface area contributed by atoms with Gasteiger partial charge in [0.15, 0.2) is 5.96 Å². The third-order valence-corrected chi connectivity index (χ3v) is 5.58. The standard InChI is InChI=1S/C26H28F3N5O2/c27-26(28,29)20-12-10-17(11-13-20)16-33-24(36)22(9-4-14-32-25(30)31)34-23(35)15-19-7-3-6-18-5-1-2-8-21(18)19/h1-3,5-8,10-13,22H,4,9,14-16H2,(H,33,36)(H,34,35)(H4,30,31,32)/t22-/m1/s1. The van der Waals surface area contributed by atoms with Crippen molar-refractivity contribution in [3.63, 3.8) is 0 Å². The van der Waals surface area contributed by atoms with Crippen molar-refractivity contribution in [1.29, 1.82) is 0 Å². The number of nitrogens with two attached hydrogens (primary N) is 2. The summed E-state index contributed by atoms with van der Waals surface area (Å²) in [6, 6.07) is 17.0. The van der Waals surface area contributed by atoms with Gasteiger partial charge in [0.1, 0.15) is 6.04 Å². The first-order valence-electron chi connectivity index (χ1n) is 11.4. The Morgan fingerprint density at radius 2 is 1.64 bits per heavy atom. The number of benzene rings is 3. The molecule has 2 amide bonds. The second kappa shape index (κ2) is 12.1. The molecule has 0 heterocycles. The van der Waals surface area contributed by atoms with E-state index in [1.165, 1.54) is 12.1 Å². The summed E-state index contributed by atoms with van der Waals surface area (Å²) in [4.78, 5) is 29.6. The summed E-state index contributed by atoms with van der Waals surface area (Å²) in [5.74, 6) is -0.855. The number of hydrogen-bond donors (Lipinski definition) is 4. The van der Waals surface area contributed by atoms with Crippen LogP contribution in [0.15, 0.2) is 71.7 Å². The SMILES string of the molecule is NC(N)=NCCC[C@@H](NC(=O)Cc1cccc2ccccc12)C(=O)NCc1ccc(C(F)(F)F)cc1. The molecule has 0 fully saturated rings. The van der Waals surface area contributed by atoms with Gasteiger partial charge in [-0.25, -0.2) is 0 Å². The molecule has 0 aliphatic heterocycles. The Bertz CT molecular complexity index is 1220. The predicted octanol–water partition coefficient (Wildman–Crippen LogP) is 3.26. The Labute approximate surface area is 206 Å². The van der Waals surface area contributed by atoms with E-state index in [9.17, 15) is 22.8 Å². The van der Waals surface area contributed by atoms with Gasteiger partial charge in [0.05, 0.1) is 12.0 Å². The number of amides is 2. The first kappa shape index (κ1) is 26.5. The molecule has 0 bridgehead atoms. The summed E-state index contributed by atoms with van der Waals surface area (Å²) in [6.45, 7) is 0.296. The van der Waals surface area contributed by atoms with Gasteiger partial charge >= 0.3 is 6.18 Å². The molecule has 3 aromatic rings. The molecule has 0 saturated heterocycles. The van der Waals surface area contributed by atoms with Crippen molar-refractivity contribution in [1.82, 2.24) is 10.6 Å². The number of halogens is 3. The largest absolute Gasteiger partial charge is 0.416 e. The van der Waals surface area contributed by atoms with Gasteiger partial charge in [0, 0.05) is 13.1 Å². The number of carbonyl (C=O) groups is 2. The van der Waals surface area contributed by atoms with Gasteiger partial charge in [-0.3, -0.25) is 14.6 Å². The summed E-state index contributed by atoms with van der Waals surface area (Å²) in [5.41, 5.74) is 11.2. The van der Waals surface area contributed by atoms with Crippen LogP contribution in [0.25, 0.3) is 10.8 Å². The van der Waals surface area contributed by atoms with Crippen LogP contribution >= 0.6 is 0 Å². The monoisotopic (exact) mass is 499 g/mol. The van der Waals surface area contributed by atoms with Crippen molar-refractivity contribution in [2.24, 2.45) is 16.5 Å². The maximum atomic E-state index is 12.9. The van der Waals surface area contributed by atoms with Gasteiger partial charge in [-0.1, -0.05) is 54.6 Å². The molecule has 0 unspecified atom stereocenters. The van der Waals surface area contributed by atoms with E-state index in [0.29, 0.717) is 12.0 Å². The number of carbonyl (C=O) groups excluding carboxylic acids is 2. The highest BCUT2D eigenvalue weighted by Gasteiger charge is 2.30. The maximum absolute atomic E-state index is 12.9. The number of aliphatic imine (C=N–C) groups is 1. The van der Waals surface area contributed by atoms with Gasteiger partial charge in [0.25, 0.3) is 0 Å². The molecule has 0 spiro atoms. The fraction of sp³-hybridized carbons (Fsp3) is 0.269. The molecule has 0 radical (unpaired) electrons. The Morgan fingerprint density at radius 3 is 2.33 bits per heavy atom. The number of rotatable bonds is 10. The van der Waals surface area contributed by atoms with Gasteiger partial charge < -0.3 is 22.1 Å². The van der Waals surface area contributed by atoms with Crippen LogP contribution in [0.2, 0.25) is 0 Å². The summed E-state index contributed by atoms with van der Waals surface area (Å²) < 4.78 is 38.3. The molecule has 0 aliphatic rings. The molecule has 6 N–H and O–H groups in total. The summed E-state index contributed by atoms with van der Waals surface area (Å²) in [6.07, 6.45) is -3.64. The zero-order valence-corrected chi connectivity index (χ0v) is 19.5. The number of guanidine groups is 1. The minimum absolute atomic E-state index is 0.0144. The van der Waals surface area contributed by atoms with E-state index in [1.54, 1.807) is 0 Å². The van der Waals surface area contributed by atoms with E-state index in [4.69, 9.17) is 11.5 Å². The van der Waals surface area contributed by atoms with E-state index in [-0.39, 0.29) is 37.8 Å². The topological polar surface area (TPSA) is 123 Å². The van der Waals surface area contributed by atoms with E-state index in [1.807, 2.05) is 42.5 Å². The molecule has 0 aliphatic carbocycles. The average molecular weight is 500 g/mol. The number of alkyl halides is 3. The van der Waals surface area contributed by atoms with Crippen LogP contribution in [0.5, 0.6) is 0 Å². The number of fused-ring (bicyclic) bond motifs is 1. The highest BCUT2D eigenvalue weighted by atomic mass is 19.4. The van der Waals surface area contributed by atoms with E-state index in [0.717, 1.165) is 28.5 Å². The second-order valence-corrected chi connectivity index (χ2v) is 8.30. The molecular formula is C26H28F3N5O2. The van der Waals surface area contributed by atoms with Gasteiger partial charge in [-0.15, -0.1) is 0 Å². The van der Waals surface area contributed by atoms with Crippen LogP contribution in [0.4, 0.5) is 13.2 Å².